The molecule has 0 unspecified atom stereocenters. The normalized spacial score (nSPS) is 32.9. The maximum Gasteiger partial charge on any atom is 0.304 e. The third-order valence-corrected chi connectivity index (χ3v) is 19.0. The molecule has 0 bridgehead atoms. The first kappa shape index (κ1) is 47.2. The number of Topliss-reactive ketones (excluding diaryl/α,β-unsaturated/α-hetero) is 2. The summed E-state index contributed by atoms with van der Waals surface area (Å²) in [7, 11) is -4.61. The van der Waals surface area contributed by atoms with Crippen molar-refractivity contribution in [3.05, 3.63) is 12.7 Å². The van der Waals surface area contributed by atoms with Crippen LogP contribution in [0.4, 0.5) is 8.78 Å². The van der Waals surface area contributed by atoms with E-state index in [1.54, 1.807) is 4.90 Å². The summed E-state index contributed by atoms with van der Waals surface area (Å²) >= 11 is 0. The van der Waals surface area contributed by atoms with E-state index >= 15 is 4.79 Å². The number of fused-ring (bicyclic) bond motifs is 1. The fraction of sp³-hybridized carbons (Fsp3) is 0.851. The van der Waals surface area contributed by atoms with Crippen LogP contribution in [0.15, 0.2) is 12.7 Å². The number of halogens is 2. The summed E-state index contributed by atoms with van der Waals surface area (Å²) in [5.41, 5.74) is -2.70. The molecule has 7 aliphatic rings. The van der Waals surface area contributed by atoms with Crippen molar-refractivity contribution < 1.29 is 41.2 Å². The Bertz CT molecular complexity index is 1920. The summed E-state index contributed by atoms with van der Waals surface area (Å²) in [6.07, 6.45) is 11.4. The van der Waals surface area contributed by atoms with Gasteiger partial charge in [-0.2, -0.15) is 12.7 Å². The van der Waals surface area contributed by atoms with Gasteiger partial charge in [-0.1, -0.05) is 72.8 Å². The first-order chi connectivity index (χ1) is 28.9. The minimum absolute atomic E-state index is 0.0356. The largest absolute Gasteiger partial charge is 0.345 e. The van der Waals surface area contributed by atoms with Gasteiger partial charge >= 0.3 is 10.2 Å². The fourth-order valence-corrected chi connectivity index (χ4v) is 14.5. The molecule has 4 saturated carbocycles. The number of nitrogens with zero attached hydrogens (tertiary/aromatic N) is 3. The average Bonchev–Trinajstić information content (AvgIpc) is 3.78. The van der Waals surface area contributed by atoms with Crippen LogP contribution in [0.5, 0.6) is 0 Å². The Morgan fingerprint density at radius 1 is 0.855 bits per heavy atom. The molecule has 15 heteroatoms. The number of piperidine rings is 1. The molecule has 3 aliphatic heterocycles. The lowest BCUT2D eigenvalue weighted by atomic mass is 9.73. The molecule has 3 saturated heterocycles. The lowest BCUT2D eigenvalue weighted by Crippen LogP contribution is -2.57. The van der Waals surface area contributed by atoms with Gasteiger partial charge in [-0.25, -0.2) is 13.5 Å². The number of alkyl halides is 2. The summed E-state index contributed by atoms with van der Waals surface area (Å²) in [6.45, 7) is 18.0. The Morgan fingerprint density at radius 2 is 1.52 bits per heavy atom. The van der Waals surface area contributed by atoms with Gasteiger partial charge in [-0.3, -0.25) is 28.9 Å². The second-order valence-corrected chi connectivity index (χ2v) is 24.0. The Balaban J connectivity index is 1.15. The zero-order chi connectivity index (χ0) is 45.4. The van der Waals surface area contributed by atoms with Gasteiger partial charge in [0.15, 0.2) is 11.6 Å². The highest BCUT2D eigenvalue weighted by Gasteiger charge is 2.85. The van der Waals surface area contributed by atoms with Crippen LogP contribution >= 0.6 is 0 Å². The van der Waals surface area contributed by atoms with Crippen LogP contribution in [0, 0.1) is 44.8 Å². The maximum atomic E-state index is 15.4. The van der Waals surface area contributed by atoms with E-state index in [1.165, 1.54) is 6.08 Å². The second kappa shape index (κ2) is 16.6. The van der Waals surface area contributed by atoms with Crippen molar-refractivity contribution in [3.63, 3.8) is 0 Å². The highest BCUT2D eigenvalue weighted by molar-refractivity contribution is 7.87. The zero-order valence-corrected chi connectivity index (χ0v) is 39.1. The number of hydrogen-bond donors (Lipinski definition) is 2. The van der Waals surface area contributed by atoms with E-state index in [9.17, 15) is 36.4 Å². The minimum Gasteiger partial charge on any atom is -0.345 e. The van der Waals surface area contributed by atoms with Gasteiger partial charge in [0, 0.05) is 49.7 Å². The predicted octanol–water partition coefficient (Wildman–Crippen LogP) is 6.59. The van der Waals surface area contributed by atoms with Crippen molar-refractivity contribution in [2.75, 3.05) is 26.2 Å². The first-order valence-corrected chi connectivity index (χ1v) is 25.1. The average molecular weight is 890 g/mol. The number of nitrogens with one attached hydrogen (secondary N) is 2. The van der Waals surface area contributed by atoms with Crippen LogP contribution in [-0.4, -0.2) is 108 Å². The fourth-order valence-electron chi connectivity index (χ4n) is 13.2. The molecule has 348 valence electrons. The van der Waals surface area contributed by atoms with Gasteiger partial charge in [-0.05, 0) is 99.8 Å². The Morgan fingerprint density at radius 3 is 2.05 bits per heavy atom. The van der Waals surface area contributed by atoms with Crippen LogP contribution in [0.2, 0.25) is 0 Å². The minimum atomic E-state index is -4.61. The maximum absolute atomic E-state index is 15.4. The third-order valence-electron chi connectivity index (χ3n) is 17.5. The molecule has 12 nitrogen and oxygen atoms in total. The number of carbonyl (C=O) groups excluding carboxylic acids is 5. The monoisotopic (exact) mass is 890 g/mol. The van der Waals surface area contributed by atoms with Gasteiger partial charge < -0.3 is 10.2 Å². The topological polar surface area (TPSA) is 153 Å². The SMILES string of the molecule is C=C[C@@H]1C[C@]1(CC(=O)[C@@H]1C[C@@]2(CN1C(=O)[C@@H](CC(=O)[C@@H](NC(=O)[C@@H]1CCCCN1C(C)C)C1CCCCC1)C(C)(C)C)C(C)(C)C21CCC1)C(=O)NS(=O)(=O)N1CCC(F)(F)C1. The summed E-state index contributed by atoms with van der Waals surface area (Å²) in [5.74, 6) is -6.45. The summed E-state index contributed by atoms with van der Waals surface area (Å²) in [4.78, 5) is 77.1. The number of allylic oxidation sites excluding steroid dienone is 1. The van der Waals surface area contributed by atoms with E-state index in [-0.39, 0.29) is 76.9 Å². The van der Waals surface area contributed by atoms with Crippen LogP contribution < -0.4 is 10.0 Å². The molecule has 7 atom stereocenters. The van der Waals surface area contributed by atoms with Crippen molar-refractivity contribution in [1.82, 2.24) is 24.1 Å². The van der Waals surface area contributed by atoms with E-state index in [0.29, 0.717) is 17.3 Å². The number of likely N-dealkylation sites (tertiary alicyclic amines) is 2. The summed E-state index contributed by atoms with van der Waals surface area (Å²) < 4.78 is 57.0. The zero-order valence-electron chi connectivity index (χ0n) is 38.3. The Kier molecular flexibility index (Phi) is 12.6. The van der Waals surface area contributed by atoms with Crippen LogP contribution in [0.3, 0.4) is 0 Å². The quantitative estimate of drug-likeness (QED) is 0.175. The van der Waals surface area contributed by atoms with Gasteiger partial charge in [0.25, 0.3) is 5.92 Å². The molecule has 62 heavy (non-hydrogen) atoms. The number of hydrogen-bond acceptors (Lipinski definition) is 8. The third kappa shape index (κ3) is 8.12. The molecule has 7 fully saturated rings. The Labute approximate surface area is 368 Å². The van der Waals surface area contributed by atoms with Gasteiger partial charge in [-0.15, -0.1) is 6.58 Å². The molecule has 0 aromatic heterocycles. The number of carbonyl (C=O) groups is 5. The van der Waals surface area contributed by atoms with E-state index < -0.39 is 76.3 Å². The Hall–Kier alpha value is -2.78. The molecule has 0 radical (unpaired) electrons. The highest BCUT2D eigenvalue weighted by atomic mass is 32.2. The van der Waals surface area contributed by atoms with Crippen molar-refractivity contribution >= 4 is 39.5 Å². The highest BCUT2D eigenvalue weighted by Crippen LogP contribution is 2.88. The molecule has 3 amide bonds. The van der Waals surface area contributed by atoms with Crippen LogP contribution in [0.25, 0.3) is 0 Å². The van der Waals surface area contributed by atoms with Crippen molar-refractivity contribution in [1.29, 1.82) is 0 Å². The standard InChI is InChI=1S/C47H73F2N5O7S/c1-9-32-25-44(32,41(59)51-62(60,61)52-23-21-47(48,49)29-52)27-37(56)35-26-46(43(7,8)45(46)19-15-20-45)28-54(35)40(58)33(42(4,5)6)24-36(55)38(31-16-11-10-12-17-31)50-39(57)34-18-13-14-22-53(34)30(2)3/h9,30-35,38H,1,10-29H2,2-8H3,(H,50,57)(H,51,59)/t32-,33-,34+,35+,38+,44-,46-/m1/s1. The smallest absolute Gasteiger partial charge is 0.304 e. The van der Waals surface area contributed by atoms with E-state index in [4.69, 9.17) is 0 Å². The molecule has 2 N–H and O–H groups in total. The second-order valence-electron chi connectivity index (χ2n) is 22.4. The van der Waals surface area contributed by atoms with E-state index in [1.807, 2.05) is 25.5 Å². The molecule has 3 heterocycles. The number of ketones is 2. The molecular weight excluding hydrogens is 817 g/mol. The van der Waals surface area contributed by atoms with Gasteiger partial charge in [0.2, 0.25) is 17.7 Å². The molecule has 0 aromatic carbocycles. The van der Waals surface area contributed by atoms with Gasteiger partial charge in [0.05, 0.1) is 30.1 Å². The summed E-state index contributed by atoms with van der Waals surface area (Å²) in [6, 6.07) is -1.78. The van der Waals surface area contributed by atoms with Crippen LogP contribution in [-0.2, 0) is 34.2 Å². The molecule has 4 aliphatic carbocycles. The molecule has 0 aromatic rings. The van der Waals surface area contributed by atoms with Crippen molar-refractivity contribution in [2.45, 2.75) is 181 Å². The van der Waals surface area contributed by atoms with Gasteiger partial charge in [0.1, 0.15) is 0 Å². The molecular formula is C47H73F2N5O7S. The lowest BCUT2D eigenvalue weighted by Gasteiger charge is -2.40. The summed E-state index contributed by atoms with van der Waals surface area (Å²) in [5, 5.41) is 3.25. The lowest BCUT2D eigenvalue weighted by molar-refractivity contribution is -0.147. The van der Waals surface area contributed by atoms with Crippen molar-refractivity contribution in [3.8, 4) is 0 Å². The number of amides is 3. The van der Waals surface area contributed by atoms with E-state index in [0.717, 1.165) is 77.2 Å². The van der Waals surface area contributed by atoms with E-state index in [2.05, 4.69) is 44.5 Å². The van der Waals surface area contributed by atoms with Crippen LogP contribution in [0.1, 0.15) is 151 Å². The molecule has 2 spiro atoms. The number of rotatable bonds is 15. The molecule has 7 rings (SSSR count). The first-order valence-electron chi connectivity index (χ1n) is 23.6. The van der Waals surface area contributed by atoms with Crippen molar-refractivity contribution in [2.24, 2.45) is 44.8 Å². The predicted molar refractivity (Wildman–Crippen MR) is 232 cm³/mol.